The first kappa shape index (κ1) is 20.2. The Kier molecular flexibility index (Phi) is 3.98. The summed E-state index contributed by atoms with van der Waals surface area (Å²) in [6.45, 7) is 1.71. The van der Waals surface area contributed by atoms with Gasteiger partial charge in [-0.2, -0.15) is 0 Å². The Morgan fingerprint density at radius 3 is 2.66 bits per heavy atom. The van der Waals surface area contributed by atoms with Crippen molar-refractivity contribution < 1.29 is 29.3 Å². The Bertz CT molecular complexity index is 1060. The summed E-state index contributed by atoms with van der Waals surface area (Å²) in [7, 11) is 0. The Morgan fingerprint density at radius 1 is 1.19 bits per heavy atom. The van der Waals surface area contributed by atoms with Crippen molar-refractivity contribution in [3.63, 3.8) is 0 Å². The summed E-state index contributed by atoms with van der Waals surface area (Å²) in [6, 6.07) is 9.31. The second-order valence-corrected chi connectivity index (χ2v) is 10.7. The molecule has 0 radical (unpaired) electrons. The van der Waals surface area contributed by atoms with E-state index in [0.29, 0.717) is 6.42 Å². The van der Waals surface area contributed by atoms with E-state index in [1.54, 1.807) is 6.92 Å². The molecule has 1 aromatic carbocycles. The fourth-order valence-electron chi connectivity index (χ4n) is 8.36. The van der Waals surface area contributed by atoms with E-state index in [0.717, 1.165) is 30.4 Å². The number of carbonyl (C=O) groups is 3. The van der Waals surface area contributed by atoms with E-state index in [1.807, 2.05) is 36.4 Å². The van der Waals surface area contributed by atoms with Crippen LogP contribution in [0.1, 0.15) is 44.6 Å². The second-order valence-electron chi connectivity index (χ2n) is 10.7. The summed E-state index contributed by atoms with van der Waals surface area (Å²) in [4.78, 5) is 39.2. The first-order valence-corrected chi connectivity index (χ1v) is 11.6. The van der Waals surface area contributed by atoms with Crippen LogP contribution >= 0.6 is 0 Å². The van der Waals surface area contributed by atoms with Crippen LogP contribution < -0.4 is 0 Å². The lowest BCUT2D eigenvalue weighted by Gasteiger charge is -2.51. The van der Waals surface area contributed by atoms with Crippen molar-refractivity contribution in [2.24, 2.45) is 39.9 Å². The van der Waals surface area contributed by atoms with Crippen LogP contribution in [0.3, 0.4) is 0 Å². The highest BCUT2D eigenvalue weighted by Gasteiger charge is 2.90. The van der Waals surface area contributed by atoms with E-state index >= 15 is 0 Å². The largest absolute Gasteiger partial charge is 0.481 e. The number of benzene rings is 1. The molecule has 0 saturated heterocycles. The van der Waals surface area contributed by atoms with Crippen LogP contribution in [0.4, 0.5) is 0 Å². The molecule has 0 heterocycles. The van der Waals surface area contributed by atoms with Crippen LogP contribution in [0.15, 0.2) is 42.0 Å². The highest BCUT2D eigenvalue weighted by Crippen LogP contribution is 2.89. The first-order valence-electron chi connectivity index (χ1n) is 11.6. The summed E-state index contributed by atoms with van der Waals surface area (Å²) in [5, 5.41) is 21.2. The van der Waals surface area contributed by atoms with Crippen LogP contribution in [0.5, 0.6) is 0 Å². The van der Waals surface area contributed by atoms with E-state index in [-0.39, 0.29) is 30.6 Å². The third kappa shape index (κ3) is 2.12. The van der Waals surface area contributed by atoms with Crippen molar-refractivity contribution >= 4 is 17.7 Å². The van der Waals surface area contributed by atoms with Crippen LogP contribution in [-0.2, 0) is 25.7 Å². The van der Waals surface area contributed by atoms with E-state index in [9.17, 15) is 24.6 Å². The number of aliphatic hydroxyl groups is 1. The molecule has 0 amide bonds. The molecule has 6 heteroatoms. The molecule has 1 aromatic rings. The number of ether oxygens (including phenoxy) is 1. The minimum absolute atomic E-state index is 0.0721. The molecule has 32 heavy (non-hydrogen) atoms. The maximum Gasteiger partial charge on any atom is 0.310 e. The maximum absolute atomic E-state index is 13.5. The van der Waals surface area contributed by atoms with Gasteiger partial charge in [-0.25, -0.2) is 0 Å². The van der Waals surface area contributed by atoms with Crippen molar-refractivity contribution in [2.45, 2.75) is 51.7 Å². The minimum Gasteiger partial charge on any atom is -0.481 e. The Hall–Kier alpha value is -2.47. The van der Waals surface area contributed by atoms with Gasteiger partial charge in [-0.3, -0.25) is 14.4 Å². The number of carbonyl (C=O) groups excluding carboxylic acids is 2. The third-order valence-corrected chi connectivity index (χ3v) is 9.86. The number of carboxylic acid groups (broad SMARTS) is 1. The van der Waals surface area contributed by atoms with Crippen LogP contribution in [0.2, 0.25) is 0 Å². The number of fused-ring (bicyclic) bond motifs is 2. The Morgan fingerprint density at radius 2 is 1.94 bits per heavy atom. The van der Waals surface area contributed by atoms with E-state index in [2.05, 4.69) is 0 Å². The molecule has 0 aliphatic heterocycles. The maximum atomic E-state index is 13.5. The molecule has 8 atom stereocenters. The lowest BCUT2D eigenvalue weighted by atomic mass is 9.50. The van der Waals surface area contributed by atoms with Gasteiger partial charge in [0.1, 0.15) is 12.4 Å². The van der Waals surface area contributed by atoms with Crippen molar-refractivity contribution in [2.75, 3.05) is 0 Å². The van der Waals surface area contributed by atoms with E-state index < -0.39 is 46.1 Å². The van der Waals surface area contributed by atoms with Gasteiger partial charge in [0.25, 0.3) is 0 Å². The van der Waals surface area contributed by atoms with Gasteiger partial charge < -0.3 is 14.9 Å². The van der Waals surface area contributed by atoms with E-state index in [1.165, 1.54) is 0 Å². The fraction of sp³-hybridized carbons (Fsp3) is 0.577. The van der Waals surface area contributed by atoms with Crippen LogP contribution in [0.25, 0.3) is 0 Å². The molecule has 5 fully saturated rings. The van der Waals surface area contributed by atoms with Crippen molar-refractivity contribution in [3.8, 4) is 0 Å². The zero-order chi connectivity index (χ0) is 22.5. The zero-order valence-electron chi connectivity index (χ0n) is 18.1. The molecule has 7 rings (SSSR count). The number of esters is 1. The van der Waals surface area contributed by atoms with Crippen molar-refractivity contribution in [1.29, 1.82) is 0 Å². The average Bonchev–Trinajstić information content (AvgIpc) is 3.35. The molecular formula is C26H28O6. The predicted octanol–water partition coefficient (Wildman–Crippen LogP) is 3.13. The number of hydrogen-bond acceptors (Lipinski definition) is 5. The highest BCUT2D eigenvalue weighted by atomic mass is 16.5. The van der Waals surface area contributed by atoms with Gasteiger partial charge in [0.2, 0.25) is 0 Å². The summed E-state index contributed by atoms with van der Waals surface area (Å²) >= 11 is 0. The van der Waals surface area contributed by atoms with Gasteiger partial charge in [-0.15, -0.1) is 0 Å². The molecule has 2 unspecified atom stereocenters. The minimum atomic E-state index is -1.41. The molecular weight excluding hydrogens is 408 g/mol. The van der Waals surface area contributed by atoms with Crippen molar-refractivity contribution in [1.82, 2.24) is 0 Å². The summed E-state index contributed by atoms with van der Waals surface area (Å²) in [5.41, 5.74) is -0.427. The van der Waals surface area contributed by atoms with Gasteiger partial charge in [-0.1, -0.05) is 42.0 Å². The highest BCUT2D eigenvalue weighted by molar-refractivity contribution is 5.96. The lowest BCUT2D eigenvalue weighted by Crippen LogP contribution is -2.54. The quantitative estimate of drug-likeness (QED) is 0.556. The molecule has 4 bridgehead atoms. The van der Waals surface area contributed by atoms with Crippen LogP contribution in [-0.4, -0.2) is 34.0 Å². The van der Waals surface area contributed by atoms with Gasteiger partial charge in [0.05, 0.1) is 17.4 Å². The standard InChI is InChI=1S/C26H28O6/c1-24(23(30)31)17(22(29)32-13-14-5-3-2-4-6-14)8-7-16-18(24)11-19(27)26-12-15-9-10-25(16,26)21(26)20(15)28/h2-7,15,17-18,20-21,28H,8-13H2,1H3,(H,30,31)/t15-,17+,18+,20?,21?,24-,25+,26-/m1/s1. The molecule has 168 valence electrons. The van der Waals surface area contributed by atoms with Crippen LogP contribution in [0, 0.1) is 39.9 Å². The smallest absolute Gasteiger partial charge is 0.310 e. The SMILES string of the molecule is C[C@@]1(C(=O)O)[C@H](C(=O)OCc2ccccc2)CC=C2[C@@H]1CC(=O)[C@@]13C[C@H]4CC[C@@]21C3C4O. The number of rotatable bonds is 4. The number of aliphatic hydroxyl groups excluding tert-OH is 1. The zero-order valence-corrected chi connectivity index (χ0v) is 18.1. The molecule has 6 aliphatic rings. The Labute approximate surface area is 186 Å². The number of Topliss-reactive ketones (excluding diaryl/α,β-unsaturated/α-hetero) is 1. The van der Waals surface area contributed by atoms with Gasteiger partial charge in [0.15, 0.2) is 0 Å². The topological polar surface area (TPSA) is 101 Å². The number of aliphatic carboxylic acids is 1. The average molecular weight is 437 g/mol. The molecule has 5 saturated carbocycles. The normalized spacial score (nSPS) is 45.4. The van der Waals surface area contributed by atoms with Crippen molar-refractivity contribution in [3.05, 3.63) is 47.5 Å². The van der Waals surface area contributed by atoms with E-state index in [4.69, 9.17) is 4.74 Å². The second kappa shape index (κ2) is 6.31. The molecule has 0 aromatic heterocycles. The summed E-state index contributed by atoms with van der Waals surface area (Å²) in [5.74, 6) is -2.76. The molecule has 2 N–H and O–H groups in total. The number of ketones is 1. The Balaban J connectivity index is 1.35. The van der Waals surface area contributed by atoms with Gasteiger partial charge in [-0.05, 0) is 44.1 Å². The number of carboxylic acids is 1. The third-order valence-electron chi connectivity index (χ3n) is 9.86. The number of allylic oxidation sites excluding steroid dienone is 2. The predicted molar refractivity (Wildman–Crippen MR) is 113 cm³/mol. The summed E-state index contributed by atoms with van der Waals surface area (Å²) in [6.07, 6.45) is 4.43. The monoisotopic (exact) mass is 436 g/mol. The molecule has 2 spiro atoms. The molecule has 6 nitrogen and oxygen atoms in total. The first-order chi connectivity index (χ1) is 15.3. The number of hydrogen-bond donors (Lipinski definition) is 2. The lowest BCUT2D eigenvalue weighted by molar-refractivity contribution is -0.171. The molecule has 6 aliphatic carbocycles. The van der Waals surface area contributed by atoms with Gasteiger partial charge >= 0.3 is 11.9 Å². The summed E-state index contributed by atoms with van der Waals surface area (Å²) < 4.78 is 5.55. The fourth-order valence-corrected chi connectivity index (χ4v) is 8.36. The van der Waals surface area contributed by atoms with Gasteiger partial charge in [0, 0.05) is 29.1 Å².